The van der Waals surface area contributed by atoms with Gasteiger partial charge < -0.3 is 14.8 Å². The Labute approximate surface area is 94.9 Å². The van der Waals surface area contributed by atoms with E-state index in [2.05, 4.69) is 22.7 Å². The molecule has 0 aliphatic heterocycles. The second-order valence-electron chi connectivity index (χ2n) is 2.89. The molecule has 0 spiro atoms. The van der Waals surface area contributed by atoms with E-state index in [-0.39, 0.29) is 5.75 Å². The summed E-state index contributed by atoms with van der Waals surface area (Å²) in [5.74, 6) is -0.354. The van der Waals surface area contributed by atoms with Crippen LogP contribution in [0.5, 0.6) is 0 Å². The number of alkyl carbamates (subject to hydrolysis) is 1. The molecule has 15 heavy (non-hydrogen) atoms. The molecular weight excluding hydrogens is 218 g/mol. The smallest absolute Gasteiger partial charge is 0.407 e. The van der Waals surface area contributed by atoms with Gasteiger partial charge in [0.05, 0.1) is 13.7 Å². The molecule has 0 aromatic heterocycles. The standard InChI is InChI=1S/C9H17NO4S/c1-3-4-5-14-9(12)10-7(6-15)8(11)13-2/h7,15H,3-6H2,1-2H3,(H,10,12)/t7-/m0/s1. The van der Waals surface area contributed by atoms with Crippen LogP contribution in [0.4, 0.5) is 4.79 Å². The molecule has 5 nitrogen and oxygen atoms in total. The molecule has 1 amide bonds. The number of amides is 1. The molecule has 0 aromatic carbocycles. The van der Waals surface area contributed by atoms with Crippen molar-refractivity contribution in [2.75, 3.05) is 19.5 Å². The third kappa shape index (κ3) is 6.22. The highest BCUT2D eigenvalue weighted by atomic mass is 32.1. The summed E-state index contributed by atoms with van der Waals surface area (Å²) in [4.78, 5) is 22.2. The van der Waals surface area contributed by atoms with Crippen molar-refractivity contribution in [2.45, 2.75) is 25.8 Å². The highest BCUT2D eigenvalue weighted by Crippen LogP contribution is 1.94. The van der Waals surface area contributed by atoms with Gasteiger partial charge in [0, 0.05) is 5.75 Å². The van der Waals surface area contributed by atoms with Gasteiger partial charge in [-0.05, 0) is 6.42 Å². The number of thiol groups is 1. The van der Waals surface area contributed by atoms with E-state index < -0.39 is 18.1 Å². The van der Waals surface area contributed by atoms with E-state index in [1.54, 1.807) is 0 Å². The summed E-state index contributed by atoms with van der Waals surface area (Å²) in [5.41, 5.74) is 0. The molecule has 0 aliphatic rings. The number of carbonyl (C=O) groups is 2. The summed E-state index contributed by atoms with van der Waals surface area (Å²) in [5, 5.41) is 2.36. The van der Waals surface area contributed by atoms with Gasteiger partial charge in [-0.3, -0.25) is 0 Å². The Balaban J connectivity index is 3.85. The predicted molar refractivity (Wildman–Crippen MR) is 59.0 cm³/mol. The van der Waals surface area contributed by atoms with E-state index in [0.29, 0.717) is 6.61 Å². The molecule has 0 radical (unpaired) electrons. The SMILES string of the molecule is CCCCOC(=O)N[C@@H](CS)C(=O)OC. The van der Waals surface area contributed by atoms with Crippen LogP contribution in [0.2, 0.25) is 0 Å². The van der Waals surface area contributed by atoms with Gasteiger partial charge in [-0.15, -0.1) is 0 Å². The van der Waals surface area contributed by atoms with Gasteiger partial charge in [0.15, 0.2) is 0 Å². The van der Waals surface area contributed by atoms with E-state index in [1.165, 1.54) is 7.11 Å². The van der Waals surface area contributed by atoms with Gasteiger partial charge in [0.2, 0.25) is 0 Å². The number of nitrogens with one attached hydrogen (secondary N) is 1. The maximum atomic E-state index is 11.1. The largest absolute Gasteiger partial charge is 0.467 e. The molecule has 0 rings (SSSR count). The first-order chi connectivity index (χ1) is 7.15. The number of rotatable bonds is 6. The van der Waals surface area contributed by atoms with Crippen molar-refractivity contribution >= 4 is 24.7 Å². The monoisotopic (exact) mass is 235 g/mol. The molecule has 88 valence electrons. The summed E-state index contributed by atoms with van der Waals surface area (Å²) in [6.45, 7) is 2.34. The van der Waals surface area contributed by atoms with E-state index in [9.17, 15) is 9.59 Å². The average Bonchev–Trinajstić information content (AvgIpc) is 2.25. The topological polar surface area (TPSA) is 64.6 Å². The average molecular weight is 235 g/mol. The number of ether oxygens (including phenoxy) is 2. The molecule has 1 atom stereocenters. The Bertz CT molecular complexity index is 210. The molecule has 0 aromatic rings. The van der Waals surface area contributed by atoms with Crippen molar-refractivity contribution in [1.29, 1.82) is 0 Å². The molecule has 0 bridgehead atoms. The Hall–Kier alpha value is -0.910. The van der Waals surface area contributed by atoms with E-state index in [1.807, 2.05) is 6.92 Å². The zero-order valence-corrected chi connectivity index (χ0v) is 9.88. The number of hydrogen-bond acceptors (Lipinski definition) is 5. The molecular formula is C9H17NO4S. The number of unbranched alkanes of at least 4 members (excludes halogenated alkanes) is 1. The first-order valence-electron chi connectivity index (χ1n) is 4.77. The molecule has 0 fully saturated rings. The fourth-order valence-electron chi connectivity index (χ4n) is 0.814. The van der Waals surface area contributed by atoms with Crippen molar-refractivity contribution in [3.63, 3.8) is 0 Å². The van der Waals surface area contributed by atoms with Crippen LogP contribution in [0.25, 0.3) is 0 Å². The second kappa shape index (κ2) is 8.40. The predicted octanol–water partition coefficient (Wildman–Crippen LogP) is 0.984. The van der Waals surface area contributed by atoms with Crippen molar-refractivity contribution in [3.05, 3.63) is 0 Å². The lowest BCUT2D eigenvalue weighted by molar-refractivity contribution is -0.142. The molecule has 0 heterocycles. The van der Waals surface area contributed by atoms with E-state index in [0.717, 1.165) is 12.8 Å². The number of esters is 1. The van der Waals surface area contributed by atoms with Crippen LogP contribution in [0, 0.1) is 0 Å². The van der Waals surface area contributed by atoms with E-state index in [4.69, 9.17) is 4.74 Å². The van der Waals surface area contributed by atoms with Crippen LogP contribution in [0.15, 0.2) is 0 Å². The Morgan fingerprint density at radius 2 is 2.13 bits per heavy atom. The first kappa shape index (κ1) is 14.1. The lowest BCUT2D eigenvalue weighted by atomic mass is 10.3. The fraction of sp³-hybridized carbons (Fsp3) is 0.778. The van der Waals surface area contributed by atoms with Gasteiger partial charge in [-0.1, -0.05) is 13.3 Å². The van der Waals surface area contributed by atoms with Crippen LogP contribution in [0.3, 0.4) is 0 Å². The zero-order chi connectivity index (χ0) is 11.7. The molecule has 0 aliphatic carbocycles. The maximum Gasteiger partial charge on any atom is 0.407 e. The third-order valence-corrected chi connectivity index (χ3v) is 2.06. The molecule has 0 unspecified atom stereocenters. The Morgan fingerprint density at radius 1 is 1.47 bits per heavy atom. The van der Waals surface area contributed by atoms with Gasteiger partial charge in [0.1, 0.15) is 6.04 Å². The maximum absolute atomic E-state index is 11.1. The highest BCUT2D eigenvalue weighted by Gasteiger charge is 2.20. The highest BCUT2D eigenvalue weighted by molar-refractivity contribution is 7.80. The van der Waals surface area contributed by atoms with Crippen molar-refractivity contribution in [1.82, 2.24) is 5.32 Å². The number of hydrogen-bond donors (Lipinski definition) is 2. The fourth-order valence-corrected chi connectivity index (χ4v) is 1.05. The number of carbonyl (C=O) groups excluding carboxylic acids is 2. The van der Waals surface area contributed by atoms with Gasteiger partial charge >= 0.3 is 12.1 Å². The van der Waals surface area contributed by atoms with Gasteiger partial charge in [0.25, 0.3) is 0 Å². The Kier molecular flexibility index (Phi) is 7.89. The molecule has 0 saturated heterocycles. The van der Waals surface area contributed by atoms with Gasteiger partial charge in [-0.2, -0.15) is 12.6 Å². The lowest BCUT2D eigenvalue weighted by Gasteiger charge is -2.13. The minimum Gasteiger partial charge on any atom is -0.467 e. The van der Waals surface area contributed by atoms with Crippen molar-refractivity contribution in [3.8, 4) is 0 Å². The summed E-state index contributed by atoms with van der Waals surface area (Å²) >= 11 is 3.92. The zero-order valence-electron chi connectivity index (χ0n) is 8.99. The molecule has 6 heteroatoms. The minimum absolute atomic E-state index is 0.176. The van der Waals surface area contributed by atoms with E-state index >= 15 is 0 Å². The Morgan fingerprint density at radius 3 is 2.60 bits per heavy atom. The van der Waals surface area contributed by atoms with Crippen molar-refractivity contribution in [2.24, 2.45) is 0 Å². The third-order valence-electron chi connectivity index (χ3n) is 1.69. The van der Waals surface area contributed by atoms with Crippen LogP contribution < -0.4 is 5.32 Å². The van der Waals surface area contributed by atoms with Gasteiger partial charge in [-0.25, -0.2) is 9.59 Å². The van der Waals surface area contributed by atoms with Crippen molar-refractivity contribution < 1.29 is 19.1 Å². The second-order valence-corrected chi connectivity index (χ2v) is 3.26. The first-order valence-corrected chi connectivity index (χ1v) is 5.40. The summed E-state index contributed by atoms with van der Waals surface area (Å²) in [6.07, 6.45) is 1.13. The quantitative estimate of drug-likeness (QED) is 0.409. The lowest BCUT2D eigenvalue weighted by Crippen LogP contribution is -2.43. The summed E-state index contributed by atoms with van der Waals surface area (Å²) in [7, 11) is 1.25. The van der Waals surface area contributed by atoms with Crippen LogP contribution in [0.1, 0.15) is 19.8 Å². The minimum atomic E-state index is -0.757. The van der Waals surface area contributed by atoms with Crippen LogP contribution in [-0.2, 0) is 14.3 Å². The number of methoxy groups -OCH3 is 1. The van der Waals surface area contributed by atoms with Crippen LogP contribution >= 0.6 is 12.6 Å². The summed E-state index contributed by atoms with van der Waals surface area (Å²) in [6, 6.07) is -0.757. The summed E-state index contributed by atoms with van der Waals surface area (Å²) < 4.78 is 9.29. The van der Waals surface area contributed by atoms with Crippen LogP contribution in [-0.4, -0.2) is 37.6 Å². The molecule has 0 saturated carbocycles. The normalized spacial score (nSPS) is 11.7. The molecule has 1 N–H and O–H groups in total.